The predicted molar refractivity (Wildman–Crippen MR) is 89.1 cm³/mol. The number of rotatable bonds is 4. The fourth-order valence-corrected chi connectivity index (χ4v) is 4.26. The maximum Gasteiger partial charge on any atom is 0.318 e. The monoisotopic (exact) mass is 338 g/mol. The molecule has 1 atom stereocenters. The third kappa shape index (κ3) is 3.38. The van der Waals surface area contributed by atoms with Gasteiger partial charge in [-0.05, 0) is 25.3 Å². The molecule has 2 aromatic rings. The van der Waals surface area contributed by atoms with Crippen LogP contribution in [0.4, 0.5) is 4.79 Å². The Morgan fingerprint density at radius 3 is 2.59 bits per heavy atom. The van der Waals surface area contributed by atoms with Gasteiger partial charge in [0.2, 0.25) is 5.91 Å². The van der Waals surface area contributed by atoms with Crippen LogP contribution in [0.15, 0.2) is 11.4 Å². The zero-order chi connectivity index (χ0) is 16.4. The molecule has 0 saturated heterocycles. The largest absolute Gasteiger partial charge is 0.351 e. The van der Waals surface area contributed by atoms with Crippen molar-refractivity contribution in [3.8, 4) is 0 Å². The third-order valence-electron chi connectivity index (χ3n) is 3.28. The van der Waals surface area contributed by atoms with Crippen LogP contribution in [0.3, 0.4) is 0 Å². The highest BCUT2D eigenvalue weighted by Gasteiger charge is 2.26. The molecule has 0 aliphatic rings. The van der Waals surface area contributed by atoms with E-state index in [-0.39, 0.29) is 5.92 Å². The molecule has 8 heteroatoms. The molecular weight excluding hydrogens is 320 g/mol. The number of thiophene rings is 1. The Balaban J connectivity index is 2.38. The van der Waals surface area contributed by atoms with Crippen LogP contribution in [0, 0.1) is 19.8 Å². The van der Waals surface area contributed by atoms with Crippen LogP contribution in [0.1, 0.15) is 24.3 Å². The van der Waals surface area contributed by atoms with Gasteiger partial charge in [-0.2, -0.15) is 0 Å². The first kappa shape index (κ1) is 16.7. The van der Waals surface area contributed by atoms with Crippen molar-refractivity contribution in [2.24, 2.45) is 11.7 Å². The number of aromatic nitrogens is 2. The number of aryl methyl sites for hydroxylation is 2. The van der Waals surface area contributed by atoms with Crippen LogP contribution in [0.25, 0.3) is 10.2 Å². The maximum atomic E-state index is 12.2. The second-order valence-corrected chi connectivity index (χ2v) is 7.61. The summed E-state index contributed by atoms with van der Waals surface area (Å²) in [5.41, 5.74) is 6.16. The topological polar surface area (TPSA) is 98.0 Å². The van der Waals surface area contributed by atoms with Crippen LogP contribution < -0.4 is 11.1 Å². The van der Waals surface area contributed by atoms with E-state index in [1.54, 1.807) is 11.3 Å². The molecule has 6 nitrogen and oxygen atoms in total. The summed E-state index contributed by atoms with van der Waals surface area (Å²) < 4.78 is 0. The quantitative estimate of drug-likeness (QED) is 0.659. The molecule has 0 aromatic carbocycles. The molecule has 3 amide bonds. The highest BCUT2D eigenvalue weighted by atomic mass is 32.2. The molecule has 0 radical (unpaired) electrons. The minimum absolute atomic E-state index is 0.0226. The summed E-state index contributed by atoms with van der Waals surface area (Å²) in [5, 5.41) is 3.43. The van der Waals surface area contributed by atoms with Crippen LogP contribution >= 0.6 is 23.1 Å². The van der Waals surface area contributed by atoms with E-state index in [1.807, 2.05) is 27.7 Å². The third-order valence-corrected chi connectivity index (χ3v) is 5.94. The van der Waals surface area contributed by atoms with Crippen LogP contribution in [-0.4, -0.2) is 27.2 Å². The van der Waals surface area contributed by atoms with Crippen molar-refractivity contribution in [2.75, 3.05) is 0 Å². The number of hydrogen-bond donors (Lipinski definition) is 2. The molecular formula is C14H18N4O2S2. The summed E-state index contributed by atoms with van der Waals surface area (Å²) in [6.45, 7) is 7.90. The molecule has 0 fully saturated rings. The fourth-order valence-electron chi connectivity index (χ4n) is 2.04. The van der Waals surface area contributed by atoms with Gasteiger partial charge < -0.3 is 5.73 Å². The van der Waals surface area contributed by atoms with E-state index in [2.05, 4.69) is 15.3 Å². The highest BCUT2D eigenvalue weighted by Crippen LogP contribution is 2.37. The number of amides is 3. The molecule has 0 spiro atoms. The van der Waals surface area contributed by atoms with E-state index in [0.717, 1.165) is 20.8 Å². The Hall–Kier alpha value is -1.67. The SMILES string of the molecule is Cc1sc2ncnc(S[C@@H](C(=O)NC(N)=O)C(C)C)c2c1C. The normalized spacial score (nSPS) is 12.6. The number of carbonyl (C=O) groups excluding carboxylic acids is 2. The van der Waals surface area contributed by atoms with Crippen molar-refractivity contribution in [3.63, 3.8) is 0 Å². The van der Waals surface area contributed by atoms with Crippen molar-refractivity contribution < 1.29 is 9.59 Å². The molecule has 2 rings (SSSR count). The van der Waals surface area contributed by atoms with Gasteiger partial charge in [0.15, 0.2) is 0 Å². The fraction of sp³-hybridized carbons (Fsp3) is 0.429. The van der Waals surface area contributed by atoms with Crippen LogP contribution in [0.2, 0.25) is 0 Å². The number of hydrogen-bond acceptors (Lipinski definition) is 6. The van der Waals surface area contributed by atoms with E-state index in [4.69, 9.17) is 5.73 Å². The average molecular weight is 338 g/mol. The van der Waals surface area contributed by atoms with E-state index in [9.17, 15) is 9.59 Å². The van der Waals surface area contributed by atoms with Gasteiger partial charge in [0, 0.05) is 10.3 Å². The van der Waals surface area contributed by atoms with Crippen molar-refractivity contribution in [1.29, 1.82) is 0 Å². The summed E-state index contributed by atoms with van der Waals surface area (Å²) in [7, 11) is 0. The summed E-state index contributed by atoms with van der Waals surface area (Å²) in [6.07, 6.45) is 1.50. The smallest absolute Gasteiger partial charge is 0.318 e. The Kier molecular flexibility index (Phi) is 5.02. The predicted octanol–water partition coefficient (Wildman–Crippen LogP) is 2.62. The number of nitrogens with one attached hydrogen (secondary N) is 1. The Bertz CT molecular complexity index is 727. The van der Waals surface area contributed by atoms with E-state index in [1.165, 1.54) is 23.0 Å². The number of thioether (sulfide) groups is 1. The number of imide groups is 1. The molecule has 0 unspecified atom stereocenters. The van der Waals surface area contributed by atoms with Crippen molar-refractivity contribution in [1.82, 2.24) is 15.3 Å². The summed E-state index contributed by atoms with van der Waals surface area (Å²) in [6, 6.07) is -0.841. The number of primary amides is 1. The van der Waals surface area contributed by atoms with E-state index in [0.29, 0.717) is 0 Å². The van der Waals surface area contributed by atoms with Gasteiger partial charge in [-0.25, -0.2) is 14.8 Å². The number of nitrogens with zero attached hydrogens (tertiary/aromatic N) is 2. The minimum atomic E-state index is -0.841. The van der Waals surface area contributed by atoms with Gasteiger partial charge >= 0.3 is 6.03 Å². The lowest BCUT2D eigenvalue weighted by molar-refractivity contribution is -0.120. The first-order chi connectivity index (χ1) is 10.3. The Morgan fingerprint density at radius 2 is 2.00 bits per heavy atom. The maximum absolute atomic E-state index is 12.2. The van der Waals surface area contributed by atoms with Gasteiger partial charge in [0.05, 0.1) is 5.25 Å². The van der Waals surface area contributed by atoms with Gasteiger partial charge in [0.1, 0.15) is 16.2 Å². The van der Waals surface area contributed by atoms with E-state index >= 15 is 0 Å². The second-order valence-electron chi connectivity index (χ2n) is 5.28. The molecule has 118 valence electrons. The Morgan fingerprint density at radius 1 is 1.32 bits per heavy atom. The molecule has 0 saturated carbocycles. The summed E-state index contributed by atoms with van der Waals surface area (Å²) in [5.74, 6) is -0.377. The lowest BCUT2D eigenvalue weighted by Gasteiger charge is -2.18. The van der Waals surface area contributed by atoms with Gasteiger partial charge in [-0.3, -0.25) is 10.1 Å². The van der Waals surface area contributed by atoms with Crippen LogP contribution in [0.5, 0.6) is 0 Å². The molecule has 3 N–H and O–H groups in total. The standard InChI is InChI=1S/C14H18N4O2S2/c1-6(2)10(11(19)18-14(15)20)22-13-9-7(3)8(4)21-12(9)16-5-17-13/h5-6,10H,1-4H3,(H3,15,18,19,20)/t10-/m1/s1. The molecule has 0 aliphatic carbocycles. The van der Waals surface area contributed by atoms with Crippen molar-refractivity contribution in [3.05, 3.63) is 16.8 Å². The number of urea groups is 1. The van der Waals surface area contributed by atoms with Gasteiger partial charge in [-0.1, -0.05) is 25.6 Å². The summed E-state index contributed by atoms with van der Waals surface area (Å²) >= 11 is 2.95. The first-order valence-corrected chi connectivity index (χ1v) is 8.48. The molecule has 2 aromatic heterocycles. The zero-order valence-corrected chi connectivity index (χ0v) is 14.5. The zero-order valence-electron chi connectivity index (χ0n) is 12.8. The lowest BCUT2D eigenvalue weighted by atomic mass is 10.1. The number of fused-ring (bicyclic) bond motifs is 1. The van der Waals surface area contributed by atoms with Crippen molar-refractivity contribution in [2.45, 2.75) is 38.0 Å². The number of carbonyl (C=O) groups is 2. The van der Waals surface area contributed by atoms with Crippen molar-refractivity contribution >= 4 is 45.3 Å². The van der Waals surface area contributed by atoms with Crippen LogP contribution in [-0.2, 0) is 4.79 Å². The first-order valence-electron chi connectivity index (χ1n) is 6.79. The molecule has 0 bridgehead atoms. The van der Waals surface area contributed by atoms with E-state index < -0.39 is 17.2 Å². The summed E-state index contributed by atoms with van der Waals surface area (Å²) in [4.78, 5) is 33.8. The Labute approximate surface area is 136 Å². The lowest BCUT2D eigenvalue weighted by Crippen LogP contribution is -2.42. The average Bonchev–Trinajstić information content (AvgIpc) is 2.71. The molecule has 2 heterocycles. The molecule has 0 aliphatic heterocycles. The number of nitrogens with two attached hydrogens (primary N) is 1. The second kappa shape index (κ2) is 6.62. The highest BCUT2D eigenvalue weighted by molar-refractivity contribution is 8.00. The van der Waals surface area contributed by atoms with Gasteiger partial charge in [0.25, 0.3) is 0 Å². The molecule has 22 heavy (non-hydrogen) atoms. The minimum Gasteiger partial charge on any atom is -0.351 e. The van der Waals surface area contributed by atoms with Gasteiger partial charge in [-0.15, -0.1) is 11.3 Å².